The molecule has 0 spiro atoms. The Morgan fingerprint density at radius 3 is 1.85 bits per heavy atom. The second-order valence-corrected chi connectivity index (χ2v) is 3.29. The highest BCUT2D eigenvalue weighted by Crippen LogP contribution is 2.24. The number of benzene rings is 1. The molecule has 0 amide bonds. The van der Waals surface area contributed by atoms with E-state index in [-0.39, 0.29) is 6.04 Å². The van der Waals surface area contributed by atoms with Crippen LogP contribution < -0.4 is 5.73 Å². The maximum Gasteiger partial charge on any atom is 0.129 e. The van der Waals surface area contributed by atoms with E-state index in [9.17, 15) is 8.78 Å². The van der Waals surface area contributed by atoms with Gasteiger partial charge in [-0.05, 0) is 37.5 Å². The Morgan fingerprint density at radius 2 is 1.54 bits per heavy atom. The van der Waals surface area contributed by atoms with E-state index in [1.54, 1.807) is 20.8 Å². The van der Waals surface area contributed by atoms with E-state index in [2.05, 4.69) is 0 Å². The molecule has 0 aliphatic rings. The quantitative estimate of drug-likeness (QED) is 0.715. The molecule has 0 radical (unpaired) electrons. The number of hydrogen-bond donors (Lipinski definition) is 1. The molecule has 1 nitrogen and oxygen atoms in total. The summed E-state index contributed by atoms with van der Waals surface area (Å²) in [5, 5.41) is 0. The van der Waals surface area contributed by atoms with Crippen molar-refractivity contribution in [1.29, 1.82) is 0 Å². The minimum atomic E-state index is -0.532. The summed E-state index contributed by atoms with van der Waals surface area (Å²) in [4.78, 5) is 0. The van der Waals surface area contributed by atoms with Gasteiger partial charge in [-0.2, -0.15) is 0 Å². The Bertz CT molecular complexity index is 306. The van der Waals surface area contributed by atoms with Gasteiger partial charge in [0.15, 0.2) is 0 Å². The van der Waals surface area contributed by atoms with Gasteiger partial charge in [0, 0.05) is 12.1 Å². The molecule has 0 saturated heterocycles. The molecule has 1 aromatic rings. The van der Waals surface area contributed by atoms with Crippen LogP contribution in [0.4, 0.5) is 8.78 Å². The number of rotatable bonds is 1. The summed E-state index contributed by atoms with van der Waals surface area (Å²) in [6.45, 7) is 4.94. The average molecular weight is 185 g/mol. The summed E-state index contributed by atoms with van der Waals surface area (Å²) in [6, 6.07) is 0.557. The van der Waals surface area contributed by atoms with E-state index in [1.165, 1.54) is 0 Å². The van der Waals surface area contributed by atoms with Crippen LogP contribution in [-0.4, -0.2) is 0 Å². The first-order valence-electron chi connectivity index (χ1n) is 4.15. The number of halogens is 2. The van der Waals surface area contributed by atoms with Gasteiger partial charge in [0.25, 0.3) is 0 Å². The van der Waals surface area contributed by atoms with Crippen LogP contribution >= 0.6 is 0 Å². The summed E-state index contributed by atoms with van der Waals surface area (Å²) in [7, 11) is 0. The minimum absolute atomic E-state index is 0.342. The minimum Gasteiger partial charge on any atom is -0.324 e. The van der Waals surface area contributed by atoms with Gasteiger partial charge in [-0.3, -0.25) is 0 Å². The molecule has 1 unspecified atom stereocenters. The molecule has 1 aromatic carbocycles. The molecular weight excluding hydrogens is 172 g/mol. The highest BCUT2D eigenvalue weighted by atomic mass is 19.1. The van der Waals surface area contributed by atoms with E-state index in [0.717, 1.165) is 6.07 Å². The van der Waals surface area contributed by atoms with Crippen LogP contribution in [0.3, 0.4) is 0 Å². The van der Waals surface area contributed by atoms with Crippen molar-refractivity contribution < 1.29 is 8.78 Å². The molecule has 0 heterocycles. The molecule has 1 rings (SSSR count). The van der Waals surface area contributed by atoms with Crippen molar-refractivity contribution in [2.75, 3.05) is 0 Å². The lowest BCUT2D eigenvalue weighted by atomic mass is 9.97. The number of hydrogen-bond acceptors (Lipinski definition) is 1. The van der Waals surface area contributed by atoms with Crippen molar-refractivity contribution in [3.8, 4) is 0 Å². The van der Waals surface area contributed by atoms with Crippen LogP contribution in [0.15, 0.2) is 6.07 Å². The summed E-state index contributed by atoms with van der Waals surface area (Å²) in [5.41, 5.74) is 7.06. The standard InChI is InChI=1S/C10H13F2N/c1-5-8(11)4-9(12)6(2)10(5)7(3)13/h4,7H,13H2,1-3H3. The second-order valence-electron chi connectivity index (χ2n) is 3.29. The molecule has 0 aliphatic carbocycles. The zero-order chi connectivity index (χ0) is 10.2. The Morgan fingerprint density at radius 1 is 1.15 bits per heavy atom. The van der Waals surface area contributed by atoms with Crippen LogP contribution in [0.2, 0.25) is 0 Å². The van der Waals surface area contributed by atoms with Gasteiger partial charge >= 0.3 is 0 Å². The maximum absolute atomic E-state index is 13.1. The molecule has 0 saturated carbocycles. The predicted octanol–water partition coefficient (Wildman–Crippen LogP) is 2.60. The Hall–Kier alpha value is -0.960. The average Bonchev–Trinajstić information content (AvgIpc) is 2.01. The van der Waals surface area contributed by atoms with E-state index in [0.29, 0.717) is 16.7 Å². The first-order valence-corrected chi connectivity index (χ1v) is 4.15. The monoisotopic (exact) mass is 185 g/mol. The summed E-state index contributed by atoms with van der Waals surface area (Å²) < 4.78 is 26.2. The van der Waals surface area contributed by atoms with Crippen molar-refractivity contribution in [1.82, 2.24) is 0 Å². The lowest BCUT2D eigenvalue weighted by Gasteiger charge is -2.14. The molecule has 0 fully saturated rings. The van der Waals surface area contributed by atoms with E-state index in [1.807, 2.05) is 0 Å². The first kappa shape index (κ1) is 10.1. The van der Waals surface area contributed by atoms with Gasteiger partial charge in [-0.15, -0.1) is 0 Å². The topological polar surface area (TPSA) is 26.0 Å². The van der Waals surface area contributed by atoms with Gasteiger partial charge < -0.3 is 5.73 Å². The summed E-state index contributed by atoms with van der Waals surface area (Å²) in [6.07, 6.45) is 0. The molecule has 3 heteroatoms. The fourth-order valence-electron chi connectivity index (χ4n) is 1.55. The smallest absolute Gasteiger partial charge is 0.129 e. The third kappa shape index (κ3) is 1.70. The van der Waals surface area contributed by atoms with Crippen molar-refractivity contribution in [3.05, 3.63) is 34.4 Å². The van der Waals surface area contributed by atoms with Crippen LogP contribution in [0.5, 0.6) is 0 Å². The lowest BCUT2D eigenvalue weighted by Crippen LogP contribution is -2.11. The molecule has 2 N–H and O–H groups in total. The molecule has 0 bridgehead atoms. The molecule has 72 valence electrons. The van der Waals surface area contributed by atoms with Crippen LogP contribution in [-0.2, 0) is 0 Å². The zero-order valence-electron chi connectivity index (χ0n) is 7.99. The van der Waals surface area contributed by atoms with E-state index >= 15 is 0 Å². The normalized spacial score (nSPS) is 13.1. The van der Waals surface area contributed by atoms with Crippen molar-refractivity contribution in [2.45, 2.75) is 26.8 Å². The van der Waals surface area contributed by atoms with Crippen LogP contribution in [0.25, 0.3) is 0 Å². The van der Waals surface area contributed by atoms with Crippen molar-refractivity contribution >= 4 is 0 Å². The van der Waals surface area contributed by atoms with Gasteiger partial charge in [0.2, 0.25) is 0 Å². The van der Waals surface area contributed by atoms with Gasteiger partial charge in [0.05, 0.1) is 0 Å². The van der Waals surface area contributed by atoms with Gasteiger partial charge in [0.1, 0.15) is 11.6 Å². The number of nitrogens with two attached hydrogens (primary N) is 1. The predicted molar refractivity (Wildman–Crippen MR) is 48.4 cm³/mol. The van der Waals surface area contributed by atoms with Gasteiger partial charge in [-0.1, -0.05) is 0 Å². The third-order valence-electron chi connectivity index (χ3n) is 2.23. The highest BCUT2D eigenvalue weighted by Gasteiger charge is 2.14. The Balaban J connectivity index is 3.46. The molecule has 0 aliphatic heterocycles. The van der Waals surface area contributed by atoms with E-state index < -0.39 is 11.6 Å². The van der Waals surface area contributed by atoms with E-state index in [4.69, 9.17) is 5.73 Å². The Labute approximate surface area is 76.6 Å². The van der Waals surface area contributed by atoms with Crippen LogP contribution in [0, 0.1) is 25.5 Å². The lowest BCUT2D eigenvalue weighted by molar-refractivity contribution is 0.562. The maximum atomic E-state index is 13.1. The Kier molecular flexibility index (Phi) is 2.66. The third-order valence-corrected chi connectivity index (χ3v) is 2.23. The summed E-state index contributed by atoms with van der Waals surface area (Å²) >= 11 is 0. The second kappa shape index (κ2) is 3.42. The van der Waals surface area contributed by atoms with Crippen LogP contribution in [0.1, 0.15) is 29.7 Å². The highest BCUT2D eigenvalue weighted by molar-refractivity contribution is 5.37. The van der Waals surface area contributed by atoms with Gasteiger partial charge in [-0.25, -0.2) is 8.78 Å². The molecule has 13 heavy (non-hydrogen) atoms. The largest absolute Gasteiger partial charge is 0.324 e. The molecule has 0 aromatic heterocycles. The SMILES string of the molecule is Cc1c(F)cc(F)c(C)c1C(C)N. The van der Waals surface area contributed by atoms with Crippen molar-refractivity contribution in [3.63, 3.8) is 0 Å². The van der Waals surface area contributed by atoms with Crippen molar-refractivity contribution in [2.24, 2.45) is 5.73 Å². The molecular formula is C10H13F2N. The first-order chi connectivity index (χ1) is 5.95. The fraction of sp³-hybridized carbons (Fsp3) is 0.400. The summed E-state index contributed by atoms with van der Waals surface area (Å²) in [5.74, 6) is -1.06. The molecule has 1 atom stereocenters. The fourth-order valence-corrected chi connectivity index (χ4v) is 1.55. The zero-order valence-corrected chi connectivity index (χ0v) is 7.99.